The van der Waals surface area contributed by atoms with Gasteiger partial charge in [-0.1, -0.05) is 0 Å². The van der Waals surface area contributed by atoms with E-state index in [-0.39, 0.29) is 17.5 Å². The lowest BCUT2D eigenvalue weighted by Crippen LogP contribution is -2.46. The maximum Gasteiger partial charge on any atom is 0.336 e. The number of rotatable bonds is 4. The van der Waals surface area contributed by atoms with Gasteiger partial charge in [0.15, 0.2) is 0 Å². The fraction of sp³-hybridized carbons (Fsp3) is 0.538. The van der Waals surface area contributed by atoms with E-state index in [4.69, 9.17) is 5.11 Å². The molecule has 0 atom stereocenters. The van der Waals surface area contributed by atoms with Gasteiger partial charge in [-0.3, -0.25) is 4.79 Å². The number of hydrogen-bond donors (Lipinski definition) is 1. The summed E-state index contributed by atoms with van der Waals surface area (Å²) in [5.74, 6) is -1.28. The molecule has 0 aliphatic carbocycles. The van der Waals surface area contributed by atoms with Gasteiger partial charge in [-0.25, -0.2) is 17.5 Å². The summed E-state index contributed by atoms with van der Waals surface area (Å²) in [4.78, 5) is 25.2. The van der Waals surface area contributed by atoms with Crippen molar-refractivity contribution in [2.45, 2.75) is 18.9 Å². The quantitative estimate of drug-likeness (QED) is 0.875. The van der Waals surface area contributed by atoms with Gasteiger partial charge >= 0.3 is 5.97 Å². The minimum absolute atomic E-state index is 0.0409. The summed E-state index contributed by atoms with van der Waals surface area (Å²) >= 11 is 1.10. The van der Waals surface area contributed by atoms with E-state index in [1.807, 2.05) is 0 Å². The Morgan fingerprint density at radius 1 is 1.36 bits per heavy atom. The van der Waals surface area contributed by atoms with Gasteiger partial charge in [0, 0.05) is 31.6 Å². The van der Waals surface area contributed by atoms with Crippen molar-refractivity contribution < 1.29 is 23.1 Å². The average molecular weight is 346 g/mol. The van der Waals surface area contributed by atoms with Gasteiger partial charge in [-0.05, 0) is 18.9 Å². The Morgan fingerprint density at radius 2 is 1.95 bits per heavy atom. The molecule has 0 radical (unpaired) electrons. The maximum absolute atomic E-state index is 12.4. The third kappa shape index (κ3) is 3.65. The molecule has 1 aliphatic rings. The monoisotopic (exact) mass is 346 g/mol. The van der Waals surface area contributed by atoms with Crippen molar-refractivity contribution in [1.29, 1.82) is 0 Å². The molecule has 2 heterocycles. The smallest absolute Gasteiger partial charge is 0.336 e. The van der Waals surface area contributed by atoms with Crippen molar-refractivity contribution in [3.63, 3.8) is 0 Å². The highest BCUT2D eigenvalue weighted by molar-refractivity contribution is 7.88. The predicted octanol–water partition coefficient (Wildman–Crippen LogP) is 0.942. The second kappa shape index (κ2) is 6.35. The number of piperidine rings is 1. The van der Waals surface area contributed by atoms with Crippen molar-refractivity contribution in [3.8, 4) is 0 Å². The summed E-state index contributed by atoms with van der Waals surface area (Å²) in [5.41, 5.74) is 0.105. The molecular weight excluding hydrogens is 328 g/mol. The van der Waals surface area contributed by atoms with Crippen LogP contribution >= 0.6 is 11.3 Å². The second-order valence-electron chi connectivity index (χ2n) is 5.31. The lowest BCUT2D eigenvalue weighted by molar-refractivity contribution is 0.0687. The van der Waals surface area contributed by atoms with E-state index in [1.54, 1.807) is 11.9 Å². The van der Waals surface area contributed by atoms with E-state index < -0.39 is 16.0 Å². The van der Waals surface area contributed by atoms with Crippen LogP contribution in [0, 0.1) is 0 Å². The van der Waals surface area contributed by atoms with Crippen LogP contribution in [0.4, 0.5) is 0 Å². The summed E-state index contributed by atoms with van der Waals surface area (Å²) in [6.45, 7) is 0.790. The first kappa shape index (κ1) is 16.9. The Morgan fingerprint density at radius 3 is 2.41 bits per heavy atom. The molecule has 7 nitrogen and oxygen atoms in total. The van der Waals surface area contributed by atoms with E-state index in [1.165, 1.54) is 22.0 Å². The SMILES string of the molecule is CN(C(=O)c1cc(C(=O)O)cs1)C1CCN(S(C)(=O)=O)CC1. The van der Waals surface area contributed by atoms with Crippen molar-refractivity contribution >= 4 is 33.2 Å². The van der Waals surface area contributed by atoms with Crippen LogP contribution in [-0.2, 0) is 10.0 Å². The molecule has 122 valence electrons. The Balaban J connectivity index is 2.01. The molecule has 0 spiro atoms. The number of hydrogen-bond acceptors (Lipinski definition) is 5. The fourth-order valence-electron chi connectivity index (χ4n) is 2.46. The number of nitrogens with zero attached hydrogens (tertiary/aromatic N) is 2. The van der Waals surface area contributed by atoms with E-state index in [2.05, 4.69) is 0 Å². The first-order valence-electron chi connectivity index (χ1n) is 6.74. The van der Waals surface area contributed by atoms with Gasteiger partial charge < -0.3 is 10.0 Å². The molecule has 1 aliphatic heterocycles. The lowest BCUT2D eigenvalue weighted by Gasteiger charge is -2.35. The maximum atomic E-state index is 12.4. The molecule has 1 amide bonds. The summed E-state index contributed by atoms with van der Waals surface area (Å²) in [6.07, 6.45) is 2.33. The van der Waals surface area contributed by atoms with Crippen LogP contribution in [0.2, 0.25) is 0 Å². The molecule has 0 aromatic carbocycles. The normalized spacial score (nSPS) is 17.4. The van der Waals surface area contributed by atoms with Crippen LogP contribution in [0.25, 0.3) is 0 Å². The van der Waals surface area contributed by atoms with Crippen LogP contribution in [0.3, 0.4) is 0 Å². The van der Waals surface area contributed by atoms with E-state index in [9.17, 15) is 18.0 Å². The topological polar surface area (TPSA) is 95.0 Å². The average Bonchev–Trinajstić information content (AvgIpc) is 2.95. The zero-order valence-corrected chi connectivity index (χ0v) is 14.0. The third-order valence-electron chi connectivity index (χ3n) is 3.82. The van der Waals surface area contributed by atoms with Crippen molar-refractivity contribution in [2.24, 2.45) is 0 Å². The lowest BCUT2D eigenvalue weighted by atomic mass is 10.1. The molecule has 0 bridgehead atoms. The first-order valence-corrected chi connectivity index (χ1v) is 9.47. The molecule has 22 heavy (non-hydrogen) atoms. The molecule has 1 aromatic rings. The third-order valence-corrected chi connectivity index (χ3v) is 6.04. The largest absolute Gasteiger partial charge is 0.478 e. The van der Waals surface area contributed by atoms with Crippen LogP contribution in [0.1, 0.15) is 32.9 Å². The Kier molecular flexibility index (Phi) is 4.88. The van der Waals surface area contributed by atoms with Crippen LogP contribution < -0.4 is 0 Å². The van der Waals surface area contributed by atoms with Crippen LogP contribution in [0.15, 0.2) is 11.4 Å². The molecule has 1 fully saturated rings. The van der Waals surface area contributed by atoms with Gasteiger partial charge in [0.1, 0.15) is 0 Å². The Labute approximate surface area is 133 Å². The fourth-order valence-corrected chi connectivity index (χ4v) is 4.20. The molecule has 9 heteroatoms. The van der Waals surface area contributed by atoms with Crippen molar-refractivity contribution in [3.05, 3.63) is 21.9 Å². The summed E-state index contributed by atoms with van der Waals surface area (Å²) in [7, 11) is -1.52. The van der Waals surface area contributed by atoms with Crippen molar-refractivity contribution in [2.75, 3.05) is 26.4 Å². The highest BCUT2D eigenvalue weighted by Gasteiger charge is 2.29. The minimum Gasteiger partial charge on any atom is -0.478 e. The van der Waals surface area contributed by atoms with E-state index in [0.29, 0.717) is 30.8 Å². The van der Waals surface area contributed by atoms with Gasteiger partial charge in [0.25, 0.3) is 5.91 Å². The molecule has 0 unspecified atom stereocenters. The zero-order valence-electron chi connectivity index (χ0n) is 12.4. The molecule has 1 saturated heterocycles. The number of carbonyl (C=O) groups excluding carboxylic acids is 1. The van der Waals surface area contributed by atoms with Crippen LogP contribution in [-0.4, -0.2) is 67.0 Å². The van der Waals surface area contributed by atoms with Gasteiger partial charge in [-0.2, -0.15) is 0 Å². The van der Waals surface area contributed by atoms with Gasteiger partial charge in [0.05, 0.1) is 16.7 Å². The highest BCUT2D eigenvalue weighted by Crippen LogP contribution is 2.22. The van der Waals surface area contributed by atoms with E-state index in [0.717, 1.165) is 11.3 Å². The number of aromatic carboxylic acids is 1. The first-order chi connectivity index (χ1) is 10.2. The van der Waals surface area contributed by atoms with Gasteiger partial charge in [-0.15, -0.1) is 11.3 Å². The van der Waals surface area contributed by atoms with Crippen molar-refractivity contribution in [1.82, 2.24) is 9.21 Å². The Bertz CT molecular complexity index is 674. The summed E-state index contributed by atoms with van der Waals surface area (Å²) in [5, 5.41) is 10.3. The standard InChI is InChI=1S/C13H18N2O5S2/c1-14(10-3-5-15(6-4-10)22(2,19)20)12(16)11-7-9(8-21-11)13(17)18/h7-8,10H,3-6H2,1-2H3,(H,17,18). The predicted molar refractivity (Wildman–Crippen MR) is 82.8 cm³/mol. The number of sulfonamides is 1. The Hall–Kier alpha value is -1.45. The molecule has 0 saturated carbocycles. The molecular formula is C13H18N2O5S2. The zero-order chi connectivity index (χ0) is 16.5. The van der Waals surface area contributed by atoms with Crippen LogP contribution in [0.5, 0.6) is 0 Å². The molecule has 1 N–H and O–H groups in total. The highest BCUT2D eigenvalue weighted by atomic mass is 32.2. The minimum atomic E-state index is -3.19. The molecule has 2 rings (SSSR count). The second-order valence-corrected chi connectivity index (χ2v) is 8.21. The van der Waals surface area contributed by atoms with Gasteiger partial charge in [0.2, 0.25) is 10.0 Å². The number of carbonyl (C=O) groups is 2. The summed E-state index contributed by atoms with van der Waals surface area (Å²) in [6, 6.07) is 1.33. The number of thiophene rings is 1. The number of carboxylic acids is 1. The summed E-state index contributed by atoms with van der Waals surface area (Å²) < 4.78 is 24.4. The number of amides is 1. The number of carboxylic acid groups (broad SMARTS) is 1. The molecule has 1 aromatic heterocycles. The van der Waals surface area contributed by atoms with E-state index >= 15 is 0 Å².